The normalized spacial score (nSPS) is 15.3. The summed E-state index contributed by atoms with van der Waals surface area (Å²) in [4.78, 5) is 24.6. The fourth-order valence-corrected chi connectivity index (χ4v) is 3.77. The summed E-state index contributed by atoms with van der Waals surface area (Å²) in [6, 6.07) is 17.2. The highest BCUT2D eigenvalue weighted by Crippen LogP contribution is 2.38. The highest BCUT2D eigenvalue weighted by Gasteiger charge is 2.31. The lowest BCUT2D eigenvalue weighted by molar-refractivity contribution is -0.120. The maximum Gasteiger partial charge on any atom is 0.250 e. The van der Waals surface area contributed by atoms with Crippen molar-refractivity contribution in [3.05, 3.63) is 60.2 Å². The molecule has 2 aromatic carbocycles. The summed E-state index contributed by atoms with van der Waals surface area (Å²) in [5, 5.41) is 5.79. The third-order valence-corrected chi connectivity index (χ3v) is 5.02. The van der Waals surface area contributed by atoms with Crippen molar-refractivity contribution in [1.82, 2.24) is 0 Å². The van der Waals surface area contributed by atoms with E-state index in [4.69, 9.17) is 4.74 Å². The quantitative estimate of drug-likeness (QED) is 0.772. The standard InChI is InChI=1S/C22H26N2O3/c1-27-15-20(25)23-18-11-13-19(14-12-18)24-22(26)21(17-9-5-6-10-17)16-7-3-2-4-8-16/h2-4,7-8,11-14,17,21H,5-6,9-10,15H2,1H3,(H,23,25)(H,24,26). The third kappa shape index (κ3) is 5.17. The molecule has 1 saturated carbocycles. The zero-order valence-electron chi connectivity index (χ0n) is 15.6. The fraction of sp³-hybridized carbons (Fsp3) is 0.364. The van der Waals surface area contributed by atoms with Crippen LogP contribution < -0.4 is 10.6 Å². The molecular formula is C22H26N2O3. The van der Waals surface area contributed by atoms with Crippen molar-refractivity contribution in [3.63, 3.8) is 0 Å². The molecule has 1 aliphatic rings. The Labute approximate surface area is 160 Å². The van der Waals surface area contributed by atoms with Crippen molar-refractivity contribution in [1.29, 1.82) is 0 Å². The monoisotopic (exact) mass is 366 g/mol. The number of hydrogen-bond donors (Lipinski definition) is 2. The molecule has 1 aliphatic carbocycles. The van der Waals surface area contributed by atoms with Gasteiger partial charge in [-0.25, -0.2) is 0 Å². The van der Waals surface area contributed by atoms with Crippen LogP contribution in [-0.4, -0.2) is 25.5 Å². The molecule has 1 fully saturated rings. The molecule has 5 heteroatoms. The first kappa shape index (κ1) is 19.1. The van der Waals surface area contributed by atoms with Gasteiger partial charge in [-0.1, -0.05) is 43.2 Å². The zero-order chi connectivity index (χ0) is 19.1. The number of ether oxygens (including phenoxy) is 1. The number of nitrogens with one attached hydrogen (secondary N) is 2. The Morgan fingerprint density at radius 1 is 0.963 bits per heavy atom. The molecule has 1 unspecified atom stereocenters. The Bertz CT molecular complexity index is 753. The molecule has 0 saturated heterocycles. The SMILES string of the molecule is COCC(=O)Nc1ccc(NC(=O)C(c2ccccc2)C2CCCC2)cc1. The molecule has 0 heterocycles. The maximum atomic E-state index is 13.1. The topological polar surface area (TPSA) is 67.4 Å². The Morgan fingerprint density at radius 2 is 1.56 bits per heavy atom. The van der Waals surface area contributed by atoms with Gasteiger partial charge >= 0.3 is 0 Å². The fourth-order valence-electron chi connectivity index (χ4n) is 3.77. The van der Waals surface area contributed by atoms with Crippen LogP contribution in [0.25, 0.3) is 0 Å². The molecule has 3 rings (SSSR count). The van der Waals surface area contributed by atoms with Gasteiger partial charge in [-0.05, 0) is 48.6 Å². The second-order valence-electron chi connectivity index (χ2n) is 6.98. The number of rotatable bonds is 7. The van der Waals surface area contributed by atoms with Crippen LogP contribution in [0.4, 0.5) is 11.4 Å². The molecular weight excluding hydrogens is 340 g/mol. The van der Waals surface area contributed by atoms with Crippen LogP contribution in [-0.2, 0) is 14.3 Å². The Morgan fingerprint density at radius 3 is 2.15 bits per heavy atom. The van der Waals surface area contributed by atoms with E-state index >= 15 is 0 Å². The Kier molecular flexibility index (Phi) is 6.60. The molecule has 27 heavy (non-hydrogen) atoms. The molecule has 1 atom stereocenters. The second kappa shape index (κ2) is 9.33. The van der Waals surface area contributed by atoms with Crippen LogP contribution in [0, 0.1) is 5.92 Å². The predicted octanol–water partition coefficient (Wildman–Crippen LogP) is 4.18. The first-order valence-electron chi connectivity index (χ1n) is 9.42. The number of amides is 2. The van der Waals surface area contributed by atoms with E-state index in [0.717, 1.165) is 24.1 Å². The lowest BCUT2D eigenvalue weighted by atomic mass is 9.84. The number of hydrogen-bond acceptors (Lipinski definition) is 3. The maximum absolute atomic E-state index is 13.1. The second-order valence-corrected chi connectivity index (χ2v) is 6.98. The lowest BCUT2D eigenvalue weighted by Crippen LogP contribution is -2.26. The van der Waals surface area contributed by atoms with Crippen LogP contribution in [0.5, 0.6) is 0 Å². The Balaban J connectivity index is 1.69. The van der Waals surface area contributed by atoms with Crippen LogP contribution in [0.15, 0.2) is 54.6 Å². The summed E-state index contributed by atoms with van der Waals surface area (Å²) >= 11 is 0. The summed E-state index contributed by atoms with van der Waals surface area (Å²) in [7, 11) is 1.48. The van der Waals surface area contributed by atoms with Gasteiger partial charge < -0.3 is 15.4 Å². The minimum Gasteiger partial charge on any atom is -0.375 e. The molecule has 5 nitrogen and oxygen atoms in total. The van der Waals surface area contributed by atoms with Crippen LogP contribution in [0.1, 0.15) is 37.2 Å². The first-order chi connectivity index (χ1) is 13.2. The molecule has 142 valence electrons. The van der Waals surface area contributed by atoms with Gasteiger partial charge in [0.05, 0.1) is 5.92 Å². The zero-order valence-corrected chi connectivity index (χ0v) is 15.6. The molecule has 0 aromatic heterocycles. The minimum atomic E-state index is -0.209. The molecule has 0 aliphatic heterocycles. The van der Waals surface area contributed by atoms with Gasteiger partial charge in [-0.2, -0.15) is 0 Å². The summed E-state index contributed by atoms with van der Waals surface area (Å²) in [6.45, 7) is 0.0125. The highest BCUT2D eigenvalue weighted by atomic mass is 16.5. The third-order valence-electron chi connectivity index (χ3n) is 5.02. The van der Waals surface area contributed by atoms with Gasteiger partial charge in [0.15, 0.2) is 0 Å². The van der Waals surface area contributed by atoms with Crippen LogP contribution in [0.3, 0.4) is 0 Å². The largest absolute Gasteiger partial charge is 0.375 e. The number of carbonyl (C=O) groups excluding carboxylic acids is 2. The van der Waals surface area contributed by atoms with E-state index in [1.54, 1.807) is 24.3 Å². The average Bonchev–Trinajstić information content (AvgIpc) is 3.19. The first-order valence-corrected chi connectivity index (χ1v) is 9.42. The van der Waals surface area contributed by atoms with Crippen molar-refractivity contribution in [2.24, 2.45) is 5.92 Å². The van der Waals surface area contributed by atoms with E-state index in [2.05, 4.69) is 10.6 Å². The van der Waals surface area contributed by atoms with E-state index in [0.29, 0.717) is 11.6 Å². The van der Waals surface area contributed by atoms with Gasteiger partial charge in [0, 0.05) is 18.5 Å². The average molecular weight is 366 g/mol. The number of benzene rings is 2. The number of anilines is 2. The van der Waals surface area contributed by atoms with Gasteiger partial charge in [0.25, 0.3) is 0 Å². The molecule has 0 bridgehead atoms. The van der Waals surface area contributed by atoms with Crippen molar-refractivity contribution >= 4 is 23.2 Å². The lowest BCUT2D eigenvalue weighted by Gasteiger charge is -2.23. The van der Waals surface area contributed by atoms with E-state index in [1.165, 1.54) is 20.0 Å². The van der Waals surface area contributed by atoms with E-state index in [1.807, 2.05) is 30.3 Å². The summed E-state index contributed by atoms with van der Waals surface area (Å²) in [6.07, 6.45) is 4.57. The molecule has 2 aromatic rings. The van der Waals surface area contributed by atoms with Crippen molar-refractivity contribution in [2.45, 2.75) is 31.6 Å². The van der Waals surface area contributed by atoms with Crippen molar-refractivity contribution in [2.75, 3.05) is 24.4 Å². The summed E-state index contributed by atoms with van der Waals surface area (Å²) in [5.41, 5.74) is 2.47. The van der Waals surface area contributed by atoms with Gasteiger partial charge in [-0.3, -0.25) is 9.59 Å². The molecule has 0 spiro atoms. The molecule has 2 amide bonds. The van der Waals surface area contributed by atoms with Gasteiger partial charge in [0.1, 0.15) is 6.61 Å². The van der Waals surface area contributed by atoms with E-state index in [9.17, 15) is 9.59 Å². The van der Waals surface area contributed by atoms with Gasteiger partial charge in [-0.15, -0.1) is 0 Å². The summed E-state index contributed by atoms with van der Waals surface area (Å²) < 4.78 is 4.80. The number of methoxy groups -OCH3 is 1. The Hall–Kier alpha value is -2.66. The smallest absolute Gasteiger partial charge is 0.250 e. The highest BCUT2D eigenvalue weighted by molar-refractivity contribution is 5.97. The minimum absolute atomic E-state index is 0.0125. The predicted molar refractivity (Wildman–Crippen MR) is 107 cm³/mol. The van der Waals surface area contributed by atoms with Crippen molar-refractivity contribution < 1.29 is 14.3 Å². The van der Waals surface area contributed by atoms with Gasteiger partial charge in [0.2, 0.25) is 11.8 Å². The number of carbonyl (C=O) groups is 2. The van der Waals surface area contributed by atoms with Crippen molar-refractivity contribution in [3.8, 4) is 0 Å². The molecule has 0 radical (unpaired) electrons. The van der Waals surface area contributed by atoms with Crippen LogP contribution in [0.2, 0.25) is 0 Å². The van der Waals surface area contributed by atoms with E-state index < -0.39 is 0 Å². The molecule has 2 N–H and O–H groups in total. The van der Waals surface area contributed by atoms with E-state index in [-0.39, 0.29) is 24.3 Å². The van der Waals surface area contributed by atoms with Crippen LogP contribution >= 0.6 is 0 Å². The summed E-state index contributed by atoms with van der Waals surface area (Å²) in [5.74, 6) is 0.0821.